The van der Waals surface area contributed by atoms with Crippen LogP contribution >= 0.6 is 0 Å². The Morgan fingerprint density at radius 1 is 1.53 bits per heavy atom. The standard InChI is InChI=1S/C13H20N2O2/c1-9-8-11(4-5-12(9)14)13(17)15(3)7-6-10(2)16/h4-5,8,10,16H,6-7,14H2,1-3H3. The van der Waals surface area contributed by atoms with Crippen LogP contribution in [0.5, 0.6) is 0 Å². The second-order valence-electron chi connectivity index (χ2n) is 4.44. The van der Waals surface area contributed by atoms with Crippen LogP contribution in [-0.4, -0.2) is 35.6 Å². The molecule has 4 nitrogen and oxygen atoms in total. The number of hydrogen-bond donors (Lipinski definition) is 2. The monoisotopic (exact) mass is 236 g/mol. The number of hydrogen-bond acceptors (Lipinski definition) is 3. The van der Waals surface area contributed by atoms with Crippen molar-refractivity contribution in [2.24, 2.45) is 0 Å². The molecule has 1 atom stereocenters. The highest BCUT2D eigenvalue weighted by molar-refractivity contribution is 5.94. The second-order valence-corrected chi connectivity index (χ2v) is 4.44. The highest BCUT2D eigenvalue weighted by atomic mass is 16.3. The molecule has 0 aliphatic rings. The lowest BCUT2D eigenvalue weighted by Gasteiger charge is -2.18. The molecule has 17 heavy (non-hydrogen) atoms. The molecule has 94 valence electrons. The van der Waals surface area contributed by atoms with Gasteiger partial charge in [-0.05, 0) is 44.0 Å². The Morgan fingerprint density at radius 2 is 2.18 bits per heavy atom. The van der Waals surface area contributed by atoms with Crippen molar-refractivity contribution in [3.05, 3.63) is 29.3 Å². The predicted octanol–water partition coefficient (Wildman–Crippen LogP) is 1.42. The molecule has 1 aromatic carbocycles. The lowest BCUT2D eigenvalue weighted by atomic mass is 10.1. The minimum absolute atomic E-state index is 0.0475. The summed E-state index contributed by atoms with van der Waals surface area (Å²) in [7, 11) is 1.73. The summed E-state index contributed by atoms with van der Waals surface area (Å²) in [5.41, 5.74) is 7.93. The first-order chi connectivity index (χ1) is 7.91. The molecule has 0 aliphatic heterocycles. The zero-order valence-electron chi connectivity index (χ0n) is 10.6. The quantitative estimate of drug-likeness (QED) is 0.777. The van der Waals surface area contributed by atoms with Gasteiger partial charge in [0.2, 0.25) is 0 Å². The highest BCUT2D eigenvalue weighted by Crippen LogP contribution is 2.14. The number of anilines is 1. The fourth-order valence-corrected chi connectivity index (χ4v) is 1.51. The fraction of sp³-hybridized carbons (Fsp3) is 0.462. The number of benzene rings is 1. The molecule has 0 aromatic heterocycles. The van der Waals surface area contributed by atoms with E-state index in [1.165, 1.54) is 0 Å². The lowest BCUT2D eigenvalue weighted by molar-refractivity contribution is 0.0769. The van der Waals surface area contributed by atoms with Crippen LogP contribution < -0.4 is 5.73 Å². The number of nitrogens with two attached hydrogens (primary N) is 1. The smallest absolute Gasteiger partial charge is 0.253 e. The number of nitrogen functional groups attached to an aromatic ring is 1. The first kappa shape index (κ1) is 13.5. The second kappa shape index (κ2) is 5.68. The SMILES string of the molecule is Cc1cc(C(=O)N(C)CCC(C)O)ccc1N. The number of carbonyl (C=O) groups excluding carboxylic acids is 1. The minimum Gasteiger partial charge on any atom is -0.399 e. The number of aliphatic hydroxyl groups excluding tert-OH is 1. The molecular formula is C13H20N2O2. The molecule has 1 amide bonds. The highest BCUT2D eigenvalue weighted by Gasteiger charge is 2.12. The van der Waals surface area contributed by atoms with Crippen molar-refractivity contribution in [3.8, 4) is 0 Å². The van der Waals surface area contributed by atoms with Crippen molar-refractivity contribution in [1.82, 2.24) is 4.90 Å². The van der Waals surface area contributed by atoms with Crippen molar-refractivity contribution in [3.63, 3.8) is 0 Å². The van der Waals surface area contributed by atoms with Crippen LogP contribution in [0.1, 0.15) is 29.3 Å². The Balaban J connectivity index is 2.71. The average Bonchev–Trinajstić information content (AvgIpc) is 2.28. The van der Waals surface area contributed by atoms with Crippen LogP contribution in [0.15, 0.2) is 18.2 Å². The third-order valence-corrected chi connectivity index (χ3v) is 2.75. The van der Waals surface area contributed by atoms with Gasteiger partial charge in [-0.3, -0.25) is 4.79 Å². The molecule has 3 N–H and O–H groups in total. The largest absolute Gasteiger partial charge is 0.399 e. The third kappa shape index (κ3) is 3.75. The summed E-state index contributed by atoms with van der Waals surface area (Å²) in [4.78, 5) is 13.6. The molecular weight excluding hydrogens is 216 g/mol. The normalized spacial score (nSPS) is 12.2. The minimum atomic E-state index is -0.390. The molecule has 4 heteroatoms. The summed E-state index contributed by atoms with van der Waals surface area (Å²) in [6, 6.07) is 5.26. The van der Waals surface area contributed by atoms with Gasteiger partial charge < -0.3 is 15.7 Å². The first-order valence-electron chi connectivity index (χ1n) is 5.71. The van der Waals surface area contributed by atoms with E-state index in [0.29, 0.717) is 24.2 Å². The molecule has 1 aromatic rings. The molecule has 1 rings (SSSR count). The van der Waals surface area contributed by atoms with Gasteiger partial charge in [0.25, 0.3) is 5.91 Å². The molecule has 0 heterocycles. The third-order valence-electron chi connectivity index (χ3n) is 2.75. The van der Waals surface area contributed by atoms with E-state index in [2.05, 4.69) is 0 Å². The van der Waals surface area contributed by atoms with Crippen LogP contribution in [0.3, 0.4) is 0 Å². The van der Waals surface area contributed by atoms with Gasteiger partial charge in [0.1, 0.15) is 0 Å². The van der Waals surface area contributed by atoms with E-state index in [9.17, 15) is 9.90 Å². The summed E-state index contributed by atoms with van der Waals surface area (Å²) < 4.78 is 0. The molecule has 0 spiro atoms. The maximum atomic E-state index is 12.0. The van der Waals surface area contributed by atoms with Crippen molar-refractivity contribution >= 4 is 11.6 Å². The Kier molecular flexibility index (Phi) is 4.52. The van der Waals surface area contributed by atoms with Gasteiger partial charge in [-0.25, -0.2) is 0 Å². The van der Waals surface area contributed by atoms with E-state index in [1.54, 1.807) is 37.1 Å². The number of nitrogens with zero attached hydrogens (tertiary/aromatic N) is 1. The van der Waals surface area contributed by atoms with Crippen LogP contribution in [0.4, 0.5) is 5.69 Å². The summed E-state index contributed by atoms with van der Waals surface area (Å²) in [5, 5.41) is 9.18. The van der Waals surface area contributed by atoms with Gasteiger partial charge >= 0.3 is 0 Å². The van der Waals surface area contributed by atoms with E-state index in [0.717, 1.165) is 5.56 Å². The number of rotatable bonds is 4. The lowest BCUT2D eigenvalue weighted by Crippen LogP contribution is -2.29. The van der Waals surface area contributed by atoms with Crippen LogP contribution in [0, 0.1) is 6.92 Å². The van der Waals surface area contributed by atoms with E-state index in [1.807, 2.05) is 6.92 Å². The zero-order valence-corrected chi connectivity index (χ0v) is 10.6. The molecule has 0 fully saturated rings. The van der Waals surface area contributed by atoms with Gasteiger partial charge in [-0.15, -0.1) is 0 Å². The zero-order chi connectivity index (χ0) is 13.0. The number of aryl methyl sites for hydroxylation is 1. The number of carbonyl (C=O) groups is 1. The maximum absolute atomic E-state index is 12.0. The fourth-order valence-electron chi connectivity index (χ4n) is 1.51. The topological polar surface area (TPSA) is 66.6 Å². The summed E-state index contributed by atoms with van der Waals surface area (Å²) in [6.07, 6.45) is 0.189. The van der Waals surface area contributed by atoms with Gasteiger partial charge in [-0.2, -0.15) is 0 Å². The van der Waals surface area contributed by atoms with Crippen molar-refractivity contribution in [1.29, 1.82) is 0 Å². The van der Waals surface area contributed by atoms with Crippen molar-refractivity contribution < 1.29 is 9.90 Å². The van der Waals surface area contributed by atoms with E-state index in [-0.39, 0.29) is 5.91 Å². The predicted molar refractivity (Wildman–Crippen MR) is 68.8 cm³/mol. The molecule has 0 radical (unpaired) electrons. The summed E-state index contributed by atoms with van der Waals surface area (Å²) in [5.74, 6) is -0.0475. The van der Waals surface area contributed by atoms with Gasteiger partial charge in [0.05, 0.1) is 6.10 Å². The van der Waals surface area contributed by atoms with Crippen LogP contribution in [0.2, 0.25) is 0 Å². The average molecular weight is 236 g/mol. The molecule has 0 bridgehead atoms. The van der Waals surface area contributed by atoms with Crippen LogP contribution in [0.25, 0.3) is 0 Å². The van der Waals surface area contributed by atoms with Crippen LogP contribution in [-0.2, 0) is 0 Å². The van der Waals surface area contributed by atoms with E-state index in [4.69, 9.17) is 5.73 Å². The van der Waals surface area contributed by atoms with Gasteiger partial charge in [-0.1, -0.05) is 0 Å². The Hall–Kier alpha value is -1.55. The Labute approximate surface area is 102 Å². The molecule has 0 saturated carbocycles. The number of amides is 1. The van der Waals surface area contributed by atoms with Gasteiger partial charge in [0.15, 0.2) is 0 Å². The number of aliphatic hydroxyl groups is 1. The maximum Gasteiger partial charge on any atom is 0.253 e. The van der Waals surface area contributed by atoms with Crippen molar-refractivity contribution in [2.75, 3.05) is 19.3 Å². The first-order valence-corrected chi connectivity index (χ1v) is 5.71. The summed E-state index contributed by atoms with van der Waals surface area (Å²) in [6.45, 7) is 4.13. The van der Waals surface area contributed by atoms with Gasteiger partial charge in [0, 0.05) is 24.8 Å². The molecule has 1 unspecified atom stereocenters. The Morgan fingerprint density at radius 3 is 2.71 bits per heavy atom. The van der Waals surface area contributed by atoms with E-state index >= 15 is 0 Å². The van der Waals surface area contributed by atoms with E-state index < -0.39 is 6.10 Å². The summed E-state index contributed by atoms with van der Waals surface area (Å²) >= 11 is 0. The van der Waals surface area contributed by atoms with Crippen molar-refractivity contribution in [2.45, 2.75) is 26.4 Å². The molecule has 0 aliphatic carbocycles. The molecule has 0 saturated heterocycles. The Bertz CT molecular complexity index is 402.